The van der Waals surface area contributed by atoms with Crippen molar-refractivity contribution in [3.05, 3.63) is 53.8 Å². The van der Waals surface area contributed by atoms with Gasteiger partial charge in [-0.15, -0.1) is 0 Å². The third-order valence-electron chi connectivity index (χ3n) is 6.35. The number of fused-ring (bicyclic) bond motifs is 3. The molecule has 3 atom stereocenters. The average Bonchev–Trinajstić information content (AvgIpc) is 3.23. The topological polar surface area (TPSA) is 80.5 Å². The summed E-state index contributed by atoms with van der Waals surface area (Å²) in [6, 6.07) is 13.5. The number of piperidine rings is 1. The molecule has 5 rings (SSSR count). The molecule has 0 unspecified atom stereocenters. The smallest absolute Gasteiger partial charge is 0.312 e. The van der Waals surface area contributed by atoms with Crippen molar-refractivity contribution in [2.45, 2.75) is 50.2 Å². The predicted octanol–water partition coefficient (Wildman–Crippen LogP) is 4.43. The average molecular weight is 441 g/mol. The van der Waals surface area contributed by atoms with Gasteiger partial charge in [-0.05, 0) is 61.9 Å². The Bertz CT molecular complexity index is 1070. The Kier molecular flexibility index (Phi) is 5.50. The van der Waals surface area contributed by atoms with E-state index in [0.29, 0.717) is 22.8 Å². The first-order chi connectivity index (χ1) is 15.0. The van der Waals surface area contributed by atoms with Gasteiger partial charge in [0.1, 0.15) is 11.6 Å². The van der Waals surface area contributed by atoms with Gasteiger partial charge in [0.05, 0.1) is 10.2 Å². The van der Waals surface area contributed by atoms with Gasteiger partial charge in [0, 0.05) is 30.7 Å². The molecule has 0 aliphatic carbocycles. The van der Waals surface area contributed by atoms with E-state index in [0.717, 1.165) is 36.3 Å². The largest absolute Gasteiger partial charge is 0.431 e. The van der Waals surface area contributed by atoms with Gasteiger partial charge >= 0.3 is 6.03 Å². The summed E-state index contributed by atoms with van der Waals surface area (Å²) in [4.78, 5) is 18.1. The minimum absolute atomic E-state index is 0.210. The van der Waals surface area contributed by atoms with Gasteiger partial charge in [0.2, 0.25) is 0 Å². The van der Waals surface area contributed by atoms with E-state index in [4.69, 9.17) is 10.5 Å². The van der Waals surface area contributed by atoms with Crippen LogP contribution in [-0.4, -0.2) is 40.6 Å². The predicted molar refractivity (Wildman–Crippen MR) is 119 cm³/mol. The van der Waals surface area contributed by atoms with Crippen molar-refractivity contribution in [2.75, 3.05) is 6.54 Å². The zero-order chi connectivity index (χ0) is 21.4. The second-order valence-electron chi connectivity index (χ2n) is 8.39. The van der Waals surface area contributed by atoms with Crippen molar-refractivity contribution < 1.29 is 13.9 Å². The van der Waals surface area contributed by atoms with Gasteiger partial charge in [-0.2, -0.15) is 0 Å². The highest BCUT2D eigenvalue weighted by molar-refractivity contribution is 7.20. The van der Waals surface area contributed by atoms with Crippen molar-refractivity contribution >= 4 is 27.6 Å². The molecule has 6 nitrogen and oxygen atoms in total. The summed E-state index contributed by atoms with van der Waals surface area (Å²) < 4.78 is 20.1. The van der Waals surface area contributed by atoms with E-state index in [2.05, 4.69) is 27.3 Å². The zero-order valence-corrected chi connectivity index (χ0v) is 17.9. The molecule has 3 heterocycles. The molecule has 0 spiro atoms. The fourth-order valence-corrected chi connectivity index (χ4v) is 5.78. The molecule has 162 valence electrons. The van der Waals surface area contributed by atoms with Crippen LogP contribution in [0.15, 0.2) is 42.5 Å². The maximum absolute atomic E-state index is 13.3. The molecule has 2 amide bonds. The maximum atomic E-state index is 13.3. The van der Waals surface area contributed by atoms with Crippen molar-refractivity contribution in [1.82, 2.24) is 15.2 Å². The molecule has 0 saturated carbocycles. The quantitative estimate of drug-likeness (QED) is 0.594. The Hall–Kier alpha value is -2.71. The normalized spacial score (nSPS) is 23.2. The van der Waals surface area contributed by atoms with Gasteiger partial charge in [0.15, 0.2) is 0 Å². The summed E-state index contributed by atoms with van der Waals surface area (Å²) >= 11 is 1.40. The Balaban J connectivity index is 1.17. The lowest BCUT2D eigenvalue weighted by Crippen LogP contribution is -2.51. The molecule has 2 fully saturated rings. The van der Waals surface area contributed by atoms with E-state index >= 15 is 0 Å². The molecule has 2 bridgehead atoms. The lowest BCUT2D eigenvalue weighted by atomic mass is 9.96. The van der Waals surface area contributed by atoms with Crippen LogP contribution in [0.5, 0.6) is 10.9 Å². The number of halogens is 1. The summed E-state index contributed by atoms with van der Waals surface area (Å²) in [5.74, 6) is 0.428. The lowest BCUT2D eigenvalue weighted by molar-refractivity contribution is 0.121. The number of hydrogen-bond acceptors (Lipinski definition) is 5. The number of primary amides is 1. The number of nitrogens with two attached hydrogens (primary N) is 1. The molecule has 1 aromatic heterocycles. The molecule has 31 heavy (non-hydrogen) atoms. The number of rotatable bonds is 6. The van der Waals surface area contributed by atoms with Crippen LogP contribution in [0.2, 0.25) is 0 Å². The molecule has 2 aromatic carbocycles. The number of amides is 2. The molecule has 2 saturated heterocycles. The van der Waals surface area contributed by atoms with Gasteiger partial charge in [0.25, 0.3) is 5.19 Å². The monoisotopic (exact) mass is 440 g/mol. The summed E-state index contributed by atoms with van der Waals surface area (Å²) in [6.07, 6.45) is 5.33. The van der Waals surface area contributed by atoms with Crippen molar-refractivity contribution in [1.29, 1.82) is 0 Å². The van der Waals surface area contributed by atoms with E-state index in [1.165, 1.54) is 41.9 Å². The van der Waals surface area contributed by atoms with Gasteiger partial charge < -0.3 is 15.8 Å². The van der Waals surface area contributed by atoms with E-state index < -0.39 is 6.03 Å². The number of ether oxygens (including phenoxy) is 1. The number of nitrogens with zero attached hydrogens (tertiary/aromatic N) is 2. The van der Waals surface area contributed by atoms with E-state index in [1.807, 2.05) is 12.1 Å². The minimum atomic E-state index is -0.418. The number of aromatic nitrogens is 1. The SMILES string of the molecule is NC(=O)N[C@@H]1C[C@H]2CC[C@@H](C1)N2CCc1ccc(Oc2nc3cc(F)ccc3s2)cc1. The minimum Gasteiger partial charge on any atom is -0.431 e. The van der Waals surface area contributed by atoms with Gasteiger partial charge in [-0.25, -0.2) is 14.2 Å². The third kappa shape index (κ3) is 4.50. The number of carbonyl (C=O) groups is 1. The number of hydrogen-bond donors (Lipinski definition) is 2. The van der Waals surface area contributed by atoms with E-state index in [-0.39, 0.29) is 11.9 Å². The number of urea groups is 1. The van der Waals surface area contributed by atoms with Crippen LogP contribution < -0.4 is 15.8 Å². The fraction of sp³-hybridized carbons (Fsp3) is 0.391. The van der Waals surface area contributed by atoms with Crippen LogP contribution >= 0.6 is 11.3 Å². The number of carbonyl (C=O) groups excluding carboxylic acids is 1. The second-order valence-corrected chi connectivity index (χ2v) is 9.38. The standard InChI is InChI=1S/C23H25FN4O2S/c24-15-3-8-21-20(11-15)27-23(31-21)30-19-6-1-14(2-7-19)9-10-28-17-4-5-18(28)13-16(12-17)26-22(25)29/h1-3,6-8,11,16-18H,4-5,9-10,12-13H2,(H3,25,26,29)/t16-,17-,18+. The third-order valence-corrected chi connectivity index (χ3v) is 7.26. The highest BCUT2D eigenvalue weighted by Gasteiger charge is 2.40. The van der Waals surface area contributed by atoms with Crippen LogP contribution in [0.4, 0.5) is 9.18 Å². The van der Waals surface area contributed by atoms with Gasteiger partial charge in [-0.1, -0.05) is 23.5 Å². The fourth-order valence-electron chi connectivity index (χ4n) is 4.96. The first kappa shape index (κ1) is 20.2. The molecule has 2 aliphatic heterocycles. The van der Waals surface area contributed by atoms with Crippen molar-refractivity contribution in [3.63, 3.8) is 0 Å². The first-order valence-electron chi connectivity index (χ1n) is 10.7. The molecular weight excluding hydrogens is 415 g/mol. The van der Waals surface area contributed by atoms with E-state index in [9.17, 15) is 9.18 Å². The molecule has 3 aromatic rings. The number of nitrogens with one attached hydrogen (secondary N) is 1. The van der Waals surface area contributed by atoms with Crippen LogP contribution in [0.1, 0.15) is 31.2 Å². The van der Waals surface area contributed by atoms with Crippen LogP contribution in [0, 0.1) is 5.82 Å². The highest BCUT2D eigenvalue weighted by Crippen LogP contribution is 2.36. The second kappa shape index (κ2) is 8.43. The van der Waals surface area contributed by atoms with Gasteiger partial charge in [-0.3, -0.25) is 4.90 Å². The Morgan fingerprint density at radius 1 is 1.19 bits per heavy atom. The molecule has 0 radical (unpaired) electrons. The molecule has 2 aliphatic rings. The number of thiazole rings is 1. The van der Waals surface area contributed by atoms with Crippen LogP contribution in [-0.2, 0) is 6.42 Å². The lowest BCUT2D eigenvalue weighted by Gasteiger charge is -2.39. The Morgan fingerprint density at radius 3 is 2.65 bits per heavy atom. The summed E-state index contributed by atoms with van der Waals surface area (Å²) in [6.45, 7) is 1.02. The molecular formula is C23H25FN4O2S. The van der Waals surface area contributed by atoms with Crippen molar-refractivity contribution in [2.24, 2.45) is 5.73 Å². The Labute approximate surface area is 184 Å². The molecule has 3 N–H and O–H groups in total. The Morgan fingerprint density at radius 2 is 1.94 bits per heavy atom. The van der Waals surface area contributed by atoms with E-state index in [1.54, 1.807) is 6.07 Å². The summed E-state index contributed by atoms with van der Waals surface area (Å²) in [5.41, 5.74) is 7.17. The number of benzene rings is 2. The summed E-state index contributed by atoms with van der Waals surface area (Å²) in [5, 5.41) is 3.40. The maximum Gasteiger partial charge on any atom is 0.312 e. The highest BCUT2D eigenvalue weighted by atomic mass is 32.1. The molecule has 8 heteroatoms. The van der Waals surface area contributed by atoms with Crippen LogP contribution in [0.3, 0.4) is 0 Å². The first-order valence-corrected chi connectivity index (χ1v) is 11.5. The summed E-state index contributed by atoms with van der Waals surface area (Å²) in [7, 11) is 0. The zero-order valence-electron chi connectivity index (χ0n) is 17.1. The van der Waals surface area contributed by atoms with Crippen LogP contribution in [0.25, 0.3) is 10.2 Å². The van der Waals surface area contributed by atoms with Crippen molar-refractivity contribution in [3.8, 4) is 10.9 Å².